The van der Waals surface area contributed by atoms with E-state index in [1.807, 2.05) is 6.07 Å². The fraction of sp³-hybridized carbons (Fsp3) is 0.333. The van der Waals surface area contributed by atoms with Crippen molar-refractivity contribution in [3.8, 4) is 6.07 Å². The first-order chi connectivity index (χ1) is 10.8. The molecule has 0 saturated heterocycles. The van der Waals surface area contributed by atoms with Crippen LogP contribution < -0.4 is 10.6 Å². The van der Waals surface area contributed by atoms with Crippen molar-refractivity contribution in [2.45, 2.75) is 38.9 Å². The molecule has 0 bridgehead atoms. The third kappa shape index (κ3) is 2.34. The largest absolute Gasteiger partial charge is 0.365 e. The van der Waals surface area contributed by atoms with E-state index in [4.69, 9.17) is 0 Å². The van der Waals surface area contributed by atoms with E-state index in [2.05, 4.69) is 39.9 Å². The molecule has 1 aromatic heterocycles. The van der Waals surface area contributed by atoms with Gasteiger partial charge in [-0.05, 0) is 47.6 Å². The van der Waals surface area contributed by atoms with Gasteiger partial charge >= 0.3 is 0 Å². The van der Waals surface area contributed by atoms with Gasteiger partial charge in [0.15, 0.2) is 0 Å². The Labute approximate surface area is 130 Å². The summed E-state index contributed by atoms with van der Waals surface area (Å²) in [6.45, 7) is 2.62. The summed E-state index contributed by atoms with van der Waals surface area (Å²) in [6.07, 6.45) is 3.23. The van der Waals surface area contributed by atoms with Gasteiger partial charge < -0.3 is 10.6 Å². The van der Waals surface area contributed by atoms with Crippen LogP contribution in [0.15, 0.2) is 24.3 Å². The summed E-state index contributed by atoms with van der Waals surface area (Å²) in [4.78, 5) is 4.67. The van der Waals surface area contributed by atoms with Crippen LogP contribution in [0.5, 0.6) is 0 Å². The predicted molar refractivity (Wildman–Crippen MR) is 85.3 cm³/mol. The van der Waals surface area contributed by atoms with Crippen LogP contribution in [0.4, 0.5) is 5.82 Å². The Morgan fingerprint density at radius 3 is 2.95 bits per heavy atom. The Morgan fingerprint density at radius 2 is 2.05 bits per heavy atom. The maximum absolute atomic E-state index is 9.34. The van der Waals surface area contributed by atoms with Crippen LogP contribution in [0.2, 0.25) is 0 Å². The maximum Gasteiger partial charge on any atom is 0.144 e. The Hall–Kier alpha value is -2.38. The number of rotatable bonds is 3. The number of nitrogens with zero attached hydrogens (tertiary/aromatic N) is 2. The molecule has 0 atom stereocenters. The number of benzene rings is 1. The van der Waals surface area contributed by atoms with Crippen LogP contribution >= 0.6 is 0 Å². The van der Waals surface area contributed by atoms with E-state index in [0.717, 1.165) is 43.9 Å². The quantitative estimate of drug-likeness (QED) is 0.912. The normalized spacial score (nSPS) is 15.2. The van der Waals surface area contributed by atoms with Crippen LogP contribution in [0.25, 0.3) is 0 Å². The third-order valence-electron chi connectivity index (χ3n) is 4.53. The molecule has 4 heteroatoms. The Morgan fingerprint density at radius 1 is 1.14 bits per heavy atom. The van der Waals surface area contributed by atoms with E-state index in [0.29, 0.717) is 12.1 Å². The summed E-state index contributed by atoms with van der Waals surface area (Å²) in [5.41, 5.74) is 7.04. The van der Waals surface area contributed by atoms with Crippen LogP contribution in [0, 0.1) is 11.3 Å². The Kier molecular flexibility index (Phi) is 3.28. The summed E-state index contributed by atoms with van der Waals surface area (Å²) >= 11 is 0. The molecule has 4 rings (SSSR count). The molecular formula is C18H18N4. The first kappa shape index (κ1) is 13.3. The lowest BCUT2D eigenvalue weighted by Crippen LogP contribution is -2.06. The molecule has 0 unspecified atom stereocenters. The van der Waals surface area contributed by atoms with Gasteiger partial charge in [0.2, 0.25) is 0 Å². The van der Waals surface area contributed by atoms with Gasteiger partial charge in [0, 0.05) is 25.3 Å². The van der Waals surface area contributed by atoms with Gasteiger partial charge in [0.05, 0.1) is 5.56 Å². The zero-order valence-corrected chi connectivity index (χ0v) is 12.4. The number of anilines is 1. The standard InChI is InChI=1S/C18H18N4/c19-8-15-7-13-2-1-3-17(13)22-18(15)21-9-12-4-5-14-10-20-11-16(14)6-12/h4-7,20H,1-3,9-11H2,(H,21,22). The van der Waals surface area contributed by atoms with Gasteiger partial charge in [-0.1, -0.05) is 18.2 Å². The van der Waals surface area contributed by atoms with Gasteiger partial charge in [-0.2, -0.15) is 5.26 Å². The van der Waals surface area contributed by atoms with Crippen molar-refractivity contribution in [1.82, 2.24) is 10.3 Å². The summed E-state index contributed by atoms with van der Waals surface area (Å²) in [5, 5.41) is 16.0. The second-order valence-corrected chi connectivity index (χ2v) is 6.02. The second-order valence-electron chi connectivity index (χ2n) is 6.02. The summed E-state index contributed by atoms with van der Waals surface area (Å²) < 4.78 is 0. The van der Waals surface area contributed by atoms with Gasteiger partial charge in [0.25, 0.3) is 0 Å². The highest BCUT2D eigenvalue weighted by Crippen LogP contribution is 2.25. The van der Waals surface area contributed by atoms with Crippen LogP contribution in [-0.2, 0) is 32.5 Å². The molecule has 0 amide bonds. The minimum absolute atomic E-state index is 0.656. The number of pyridine rings is 1. The molecular weight excluding hydrogens is 272 g/mol. The molecule has 110 valence electrons. The molecule has 0 spiro atoms. The molecule has 2 aliphatic rings. The van der Waals surface area contributed by atoms with Gasteiger partial charge in [-0.25, -0.2) is 4.98 Å². The lowest BCUT2D eigenvalue weighted by atomic mass is 10.1. The molecule has 2 heterocycles. The zero-order valence-electron chi connectivity index (χ0n) is 12.4. The molecule has 0 radical (unpaired) electrons. The Bertz CT molecular complexity index is 773. The van der Waals surface area contributed by atoms with Crippen molar-refractivity contribution in [3.63, 3.8) is 0 Å². The molecule has 2 N–H and O–H groups in total. The molecule has 4 nitrogen and oxygen atoms in total. The molecule has 1 aromatic carbocycles. The minimum Gasteiger partial charge on any atom is -0.365 e. The third-order valence-corrected chi connectivity index (χ3v) is 4.53. The maximum atomic E-state index is 9.34. The highest BCUT2D eigenvalue weighted by atomic mass is 15.0. The number of fused-ring (bicyclic) bond motifs is 2. The van der Waals surface area contributed by atoms with Crippen molar-refractivity contribution in [3.05, 3.63) is 57.8 Å². The van der Waals surface area contributed by atoms with Crippen LogP contribution in [-0.4, -0.2) is 4.98 Å². The molecule has 1 aliphatic heterocycles. The highest BCUT2D eigenvalue weighted by Gasteiger charge is 2.16. The van der Waals surface area contributed by atoms with E-state index < -0.39 is 0 Å². The predicted octanol–water partition coefficient (Wildman–Crippen LogP) is 2.66. The number of aryl methyl sites for hydroxylation is 2. The molecule has 22 heavy (non-hydrogen) atoms. The van der Waals surface area contributed by atoms with Crippen LogP contribution in [0.1, 0.15) is 39.9 Å². The van der Waals surface area contributed by atoms with Gasteiger partial charge in [0.1, 0.15) is 11.9 Å². The lowest BCUT2D eigenvalue weighted by Gasteiger charge is -2.10. The minimum atomic E-state index is 0.656. The fourth-order valence-electron chi connectivity index (χ4n) is 3.34. The molecule has 0 saturated carbocycles. The number of nitriles is 1. The average molecular weight is 290 g/mol. The Balaban J connectivity index is 1.55. The fourth-order valence-corrected chi connectivity index (χ4v) is 3.34. The van der Waals surface area contributed by atoms with E-state index in [1.165, 1.54) is 22.3 Å². The summed E-state index contributed by atoms with van der Waals surface area (Å²) in [6, 6.07) is 10.8. The van der Waals surface area contributed by atoms with E-state index in [9.17, 15) is 5.26 Å². The zero-order chi connectivity index (χ0) is 14.9. The smallest absolute Gasteiger partial charge is 0.144 e. The number of aromatic nitrogens is 1. The lowest BCUT2D eigenvalue weighted by molar-refractivity contribution is 0.764. The number of hydrogen-bond acceptors (Lipinski definition) is 4. The van der Waals surface area contributed by atoms with Gasteiger partial charge in [-0.3, -0.25) is 0 Å². The average Bonchev–Trinajstić information content (AvgIpc) is 3.19. The summed E-state index contributed by atoms with van der Waals surface area (Å²) in [7, 11) is 0. The van der Waals surface area contributed by atoms with Gasteiger partial charge in [-0.15, -0.1) is 0 Å². The molecule has 1 aliphatic carbocycles. The number of hydrogen-bond donors (Lipinski definition) is 2. The SMILES string of the molecule is N#Cc1cc2c(nc1NCc1ccc3c(c1)CNC3)CCC2. The molecule has 2 aromatic rings. The van der Waals surface area contributed by atoms with Crippen molar-refractivity contribution < 1.29 is 0 Å². The first-order valence-electron chi connectivity index (χ1n) is 7.81. The topological polar surface area (TPSA) is 60.7 Å². The van der Waals surface area contributed by atoms with E-state index in [1.54, 1.807) is 0 Å². The molecule has 0 fully saturated rings. The summed E-state index contributed by atoms with van der Waals surface area (Å²) in [5.74, 6) is 0.724. The monoisotopic (exact) mass is 290 g/mol. The van der Waals surface area contributed by atoms with Crippen molar-refractivity contribution in [2.24, 2.45) is 0 Å². The van der Waals surface area contributed by atoms with Crippen molar-refractivity contribution >= 4 is 5.82 Å². The van der Waals surface area contributed by atoms with Crippen molar-refractivity contribution in [1.29, 1.82) is 5.26 Å². The first-order valence-corrected chi connectivity index (χ1v) is 7.81. The number of nitrogens with one attached hydrogen (secondary N) is 2. The highest BCUT2D eigenvalue weighted by molar-refractivity contribution is 5.55. The van der Waals surface area contributed by atoms with Crippen LogP contribution in [0.3, 0.4) is 0 Å². The van der Waals surface area contributed by atoms with E-state index in [-0.39, 0.29) is 0 Å². The van der Waals surface area contributed by atoms with E-state index >= 15 is 0 Å². The second kappa shape index (κ2) is 5.43. The van der Waals surface area contributed by atoms with Crippen molar-refractivity contribution in [2.75, 3.05) is 5.32 Å².